The van der Waals surface area contributed by atoms with E-state index in [9.17, 15) is 9.59 Å². The Morgan fingerprint density at radius 3 is 2.00 bits per heavy atom. The average molecular weight is 462 g/mol. The highest BCUT2D eigenvalue weighted by Crippen LogP contribution is 2.40. The molecule has 0 aromatic carbocycles. The number of hydrogen-bond donors (Lipinski definition) is 0. The fourth-order valence-electron chi connectivity index (χ4n) is 4.38. The maximum Gasteiger partial charge on any atom is 0.340 e. The van der Waals surface area contributed by atoms with Gasteiger partial charge in [-0.15, -0.1) is 0 Å². The summed E-state index contributed by atoms with van der Waals surface area (Å²) < 4.78 is 13.2. The van der Waals surface area contributed by atoms with Crippen molar-refractivity contribution < 1.29 is 19.1 Å². The monoisotopic (exact) mass is 461 g/mol. The summed E-state index contributed by atoms with van der Waals surface area (Å²) in [6.45, 7) is 8.48. The van der Waals surface area contributed by atoms with Crippen LogP contribution in [-0.2, 0) is 9.47 Å². The number of carbonyl (C=O) groups is 2. The Bertz CT molecular complexity index is 1220. The van der Waals surface area contributed by atoms with E-state index in [2.05, 4.69) is 18.8 Å². The van der Waals surface area contributed by atoms with Crippen LogP contribution in [0.15, 0.2) is 24.4 Å². The number of aryl methyl sites for hydroxylation is 2. The van der Waals surface area contributed by atoms with E-state index in [4.69, 9.17) is 14.6 Å². The van der Waals surface area contributed by atoms with Gasteiger partial charge in [0.2, 0.25) is 0 Å². The molecule has 0 radical (unpaired) electrons. The molecule has 0 amide bonds. The molecule has 0 unspecified atom stereocenters. The van der Waals surface area contributed by atoms with Crippen LogP contribution < -0.4 is 0 Å². The smallest absolute Gasteiger partial charge is 0.340 e. The predicted octanol–water partition coefficient (Wildman–Crippen LogP) is 5.27. The summed E-state index contributed by atoms with van der Waals surface area (Å²) in [4.78, 5) is 31.5. The van der Waals surface area contributed by atoms with Crippen molar-refractivity contribution in [1.82, 2.24) is 14.6 Å². The van der Waals surface area contributed by atoms with Crippen LogP contribution in [0.5, 0.6) is 0 Å². The first-order valence-electron chi connectivity index (χ1n) is 12.2. The van der Waals surface area contributed by atoms with Gasteiger partial charge in [-0.1, -0.05) is 19.9 Å². The Morgan fingerprint density at radius 1 is 0.941 bits per heavy atom. The highest BCUT2D eigenvalue weighted by molar-refractivity contribution is 6.09. The molecule has 2 aliphatic carbocycles. The Hall–Kier alpha value is -3.22. The molecule has 5 rings (SSSR count). The SMILES string of the molecule is Cc1nc(C)c(C(=O)OCC2CC2)c(-c2c(C(C)C)nn3ccccc23)c1C(=O)OCC1CC1. The van der Waals surface area contributed by atoms with E-state index in [0.717, 1.165) is 42.5 Å². The highest BCUT2D eigenvalue weighted by Gasteiger charge is 2.34. The second-order valence-corrected chi connectivity index (χ2v) is 9.94. The van der Waals surface area contributed by atoms with Crippen molar-refractivity contribution in [1.29, 1.82) is 0 Å². The summed E-state index contributed by atoms with van der Waals surface area (Å²) in [5.74, 6) is 0.0187. The minimum absolute atomic E-state index is 0.0642. The van der Waals surface area contributed by atoms with Gasteiger partial charge in [-0.2, -0.15) is 5.10 Å². The Kier molecular flexibility index (Phi) is 5.88. The number of rotatable bonds is 8. The Balaban J connectivity index is 1.74. The molecule has 34 heavy (non-hydrogen) atoms. The van der Waals surface area contributed by atoms with E-state index in [1.807, 2.05) is 24.4 Å². The van der Waals surface area contributed by atoms with E-state index in [1.54, 1.807) is 18.4 Å². The lowest BCUT2D eigenvalue weighted by Gasteiger charge is -2.19. The van der Waals surface area contributed by atoms with Gasteiger partial charge in [-0.05, 0) is 69.4 Å². The molecular weight excluding hydrogens is 430 g/mol. The summed E-state index contributed by atoms with van der Waals surface area (Å²) in [5.41, 5.74) is 4.65. The van der Waals surface area contributed by atoms with Gasteiger partial charge in [-0.3, -0.25) is 4.98 Å². The second kappa shape index (κ2) is 8.85. The van der Waals surface area contributed by atoms with Crippen LogP contribution in [0.3, 0.4) is 0 Å². The number of nitrogens with zero attached hydrogens (tertiary/aromatic N) is 3. The zero-order chi connectivity index (χ0) is 24.0. The molecule has 2 aliphatic rings. The molecule has 3 aromatic heterocycles. The Morgan fingerprint density at radius 2 is 1.50 bits per heavy atom. The molecule has 7 heteroatoms. The van der Waals surface area contributed by atoms with Crippen molar-refractivity contribution in [3.8, 4) is 11.1 Å². The van der Waals surface area contributed by atoms with Crippen LogP contribution in [0, 0.1) is 25.7 Å². The molecule has 178 valence electrons. The van der Waals surface area contributed by atoms with Gasteiger partial charge in [0.05, 0.1) is 46.9 Å². The summed E-state index contributed by atoms with van der Waals surface area (Å²) in [7, 11) is 0. The van der Waals surface area contributed by atoms with Crippen LogP contribution in [0.1, 0.15) is 83.2 Å². The van der Waals surface area contributed by atoms with Crippen molar-refractivity contribution in [3.63, 3.8) is 0 Å². The lowest BCUT2D eigenvalue weighted by Crippen LogP contribution is -2.19. The quantitative estimate of drug-likeness (QED) is 0.425. The number of esters is 2. The van der Waals surface area contributed by atoms with Crippen LogP contribution >= 0.6 is 0 Å². The first kappa shape index (κ1) is 22.6. The molecule has 0 N–H and O–H groups in total. The van der Waals surface area contributed by atoms with Crippen molar-refractivity contribution in [2.75, 3.05) is 13.2 Å². The van der Waals surface area contributed by atoms with Crippen LogP contribution in [0.2, 0.25) is 0 Å². The lowest BCUT2D eigenvalue weighted by molar-refractivity contribution is 0.0484. The average Bonchev–Trinajstić information content (AvgIpc) is 3.73. The van der Waals surface area contributed by atoms with Gasteiger partial charge < -0.3 is 9.47 Å². The maximum atomic E-state index is 13.5. The largest absolute Gasteiger partial charge is 0.462 e. The zero-order valence-electron chi connectivity index (χ0n) is 20.3. The fourth-order valence-corrected chi connectivity index (χ4v) is 4.38. The van der Waals surface area contributed by atoms with E-state index >= 15 is 0 Å². The zero-order valence-corrected chi connectivity index (χ0v) is 20.3. The van der Waals surface area contributed by atoms with Crippen molar-refractivity contribution in [3.05, 3.63) is 52.6 Å². The topological polar surface area (TPSA) is 82.8 Å². The number of fused-ring (bicyclic) bond motifs is 1. The third-order valence-corrected chi connectivity index (χ3v) is 6.63. The third-order valence-electron chi connectivity index (χ3n) is 6.63. The van der Waals surface area contributed by atoms with Crippen molar-refractivity contribution in [2.24, 2.45) is 11.8 Å². The standard InChI is InChI=1S/C27H31N3O4/c1-15(2)25-23(20-7-5-6-12-30(20)29-25)24-21(26(31)33-13-18-8-9-18)16(3)28-17(4)22(24)27(32)34-14-19-10-11-19/h5-7,12,15,18-19H,8-11,13-14H2,1-4H3. The van der Waals surface area contributed by atoms with E-state index < -0.39 is 11.9 Å². The van der Waals surface area contributed by atoms with Crippen molar-refractivity contribution >= 4 is 17.5 Å². The molecule has 2 fully saturated rings. The molecular formula is C27H31N3O4. The van der Waals surface area contributed by atoms with Gasteiger partial charge in [0, 0.05) is 17.3 Å². The summed E-state index contributed by atoms with van der Waals surface area (Å²) in [6.07, 6.45) is 6.19. The highest BCUT2D eigenvalue weighted by atomic mass is 16.5. The first-order chi connectivity index (χ1) is 16.3. The minimum atomic E-state index is -0.451. The number of carbonyl (C=O) groups excluding carboxylic acids is 2. The minimum Gasteiger partial charge on any atom is -0.462 e. The van der Waals surface area contributed by atoms with Gasteiger partial charge in [0.25, 0.3) is 0 Å². The molecule has 0 spiro atoms. The predicted molar refractivity (Wildman–Crippen MR) is 128 cm³/mol. The van der Waals surface area contributed by atoms with Crippen LogP contribution in [0.4, 0.5) is 0 Å². The molecule has 0 atom stereocenters. The van der Waals surface area contributed by atoms with Crippen molar-refractivity contribution in [2.45, 2.75) is 59.3 Å². The van der Waals surface area contributed by atoms with E-state index in [1.165, 1.54) is 0 Å². The summed E-state index contributed by atoms with van der Waals surface area (Å²) in [5, 5.41) is 4.81. The molecule has 0 aliphatic heterocycles. The van der Waals surface area contributed by atoms with E-state index in [-0.39, 0.29) is 5.92 Å². The van der Waals surface area contributed by atoms with Gasteiger partial charge in [0.15, 0.2) is 0 Å². The molecule has 7 nitrogen and oxygen atoms in total. The lowest BCUT2D eigenvalue weighted by atomic mass is 9.89. The van der Waals surface area contributed by atoms with E-state index in [0.29, 0.717) is 53.1 Å². The molecule has 3 aromatic rings. The molecule has 3 heterocycles. The van der Waals surface area contributed by atoms with Gasteiger partial charge in [-0.25, -0.2) is 14.1 Å². The maximum absolute atomic E-state index is 13.5. The van der Waals surface area contributed by atoms with Gasteiger partial charge in [0.1, 0.15) is 0 Å². The Labute approximate surface area is 199 Å². The third kappa shape index (κ3) is 4.31. The fraction of sp³-hybridized carbons (Fsp3) is 0.481. The summed E-state index contributed by atoms with van der Waals surface area (Å²) in [6, 6.07) is 5.80. The second-order valence-electron chi connectivity index (χ2n) is 9.94. The number of hydrogen-bond acceptors (Lipinski definition) is 6. The molecule has 2 saturated carbocycles. The summed E-state index contributed by atoms with van der Waals surface area (Å²) >= 11 is 0. The van der Waals surface area contributed by atoms with Crippen LogP contribution in [0.25, 0.3) is 16.6 Å². The number of ether oxygens (including phenoxy) is 2. The number of pyridine rings is 2. The van der Waals surface area contributed by atoms with Crippen LogP contribution in [-0.4, -0.2) is 39.8 Å². The first-order valence-corrected chi connectivity index (χ1v) is 12.2. The van der Waals surface area contributed by atoms with Gasteiger partial charge >= 0.3 is 11.9 Å². The molecule has 0 bridgehead atoms. The molecule has 0 saturated heterocycles. The number of aromatic nitrogens is 3. The normalized spacial score (nSPS) is 15.7.